The van der Waals surface area contributed by atoms with Gasteiger partial charge in [0.25, 0.3) is 0 Å². The highest BCUT2D eigenvalue weighted by Crippen LogP contribution is 2.12. The van der Waals surface area contributed by atoms with Crippen LogP contribution in [0.15, 0.2) is 23.5 Å². The van der Waals surface area contributed by atoms with Gasteiger partial charge in [0.2, 0.25) is 0 Å². The van der Waals surface area contributed by atoms with E-state index in [4.69, 9.17) is 5.21 Å². The number of hydrogen-bond donors (Lipinski definition) is 1. The van der Waals surface area contributed by atoms with E-state index >= 15 is 0 Å². The maximum Gasteiger partial charge on any atom is 0.128 e. The summed E-state index contributed by atoms with van der Waals surface area (Å²) in [7, 11) is 2.13. The Morgan fingerprint density at radius 2 is 2.06 bits per heavy atom. The summed E-state index contributed by atoms with van der Waals surface area (Å²) in [5.41, 5.74) is 0.806. The zero-order valence-corrected chi connectivity index (χ0v) is 9.37. The van der Waals surface area contributed by atoms with Crippen LogP contribution in [0.1, 0.15) is 5.56 Å². The molecule has 16 heavy (non-hydrogen) atoms. The molecule has 1 aliphatic heterocycles. The maximum atomic E-state index is 8.39. The summed E-state index contributed by atoms with van der Waals surface area (Å²) in [6.07, 6.45) is 3.09. The molecule has 0 unspecified atom stereocenters. The minimum absolute atomic E-state index is 0.806. The first-order chi connectivity index (χ1) is 7.79. The fourth-order valence-electron chi connectivity index (χ4n) is 1.76. The number of piperazine rings is 1. The molecule has 1 aromatic heterocycles. The molecule has 0 amide bonds. The van der Waals surface area contributed by atoms with Crippen molar-refractivity contribution in [3.8, 4) is 0 Å². The van der Waals surface area contributed by atoms with Gasteiger partial charge < -0.3 is 15.0 Å². The molecule has 0 aromatic carbocycles. The second-order valence-electron chi connectivity index (χ2n) is 3.98. The van der Waals surface area contributed by atoms with Gasteiger partial charge in [0.15, 0.2) is 0 Å². The molecule has 5 nitrogen and oxygen atoms in total. The molecule has 1 fully saturated rings. The van der Waals surface area contributed by atoms with Crippen LogP contribution in [0.5, 0.6) is 0 Å². The molecule has 1 N–H and O–H groups in total. The molecule has 86 valence electrons. The molecule has 5 heteroatoms. The Hall–Kier alpha value is -1.62. The molecule has 0 atom stereocenters. The number of aromatic nitrogens is 1. The summed E-state index contributed by atoms with van der Waals surface area (Å²) >= 11 is 0. The molecule has 0 radical (unpaired) electrons. The minimum Gasteiger partial charge on any atom is -0.411 e. The average molecular weight is 220 g/mol. The van der Waals surface area contributed by atoms with Crippen molar-refractivity contribution in [1.82, 2.24) is 9.88 Å². The summed E-state index contributed by atoms with van der Waals surface area (Å²) in [4.78, 5) is 8.92. The third-order valence-electron chi connectivity index (χ3n) is 2.80. The molecule has 1 aromatic rings. The first-order valence-electron chi connectivity index (χ1n) is 5.36. The van der Waals surface area contributed by atoms with Crippen LogP contribution in [0.3, 0.4) is 0 Å². The SMILES string of the molecule is CN1CCN(c2ccc(/C=N\O)cn2)CC1. The lowest BCUT2D eigenvalue weighted by molar-refractivity contribution is 0.312. The van der Waals surface area contributed by atoms with E-state index < -0.39 is 0 Å². The normalized spacial score (nSPS) is 18.2. The van der Waals surface area contributed by atoms with Crippen LogP contribution in [0.2, 0.25) is 0 Å². The third-order valence-corrected chi connectivity index (χ3v) is 2.80. The van der Waals surface area contributed by atoms with Crippen LogP contribution in [0.4, 0.5) is 5.82 Å². The molecule has 2 heterocycles. The van der Waals surface area contributed by atoms with E-state index in [0.29, 0.717) is 0 Å². The smallest absolute Gasteiger partial charge is 0.128 e. The van der Waals surface area contributed by atoms with Gasteiger partial charge in [-0.05, 0) is 19.2 Å². The van der Waals surface area contributed by atoms with Gasteiger partial charge in [-0.15, -0.1) is 0 Å². The quantitative estimate of drug-likeness (QED) is 0.451. The second-order valence-corrected chi connectivity index (χ2v) is 3.98. The zero-order chi connectivity index (χ0) is 11.4. The van der Waals surface area contributed by atoms with Crippen molar-refractivity contribution in [3.63, 3.8) is 0 Å². The molecular weight excluding hydrogens is 204 g/mol. The highest BCUT2D eigenvalue weighted by Gasteiger charge is 2.14. The minimum atomic E-state index is 0.806. The number of oxime groups is 1. The maximum absolute atomic E-state index is 8.39. The van der Waals surface area contributed by atoms with Crippen molar-refractivity contribution in [2.45, 2.75) is 0 Å². The van der Waals surface area contributed by atoms with Gasteiger partial charge in [-0.1, -0.05) is 5.16 Å². The van der Waals surface area contributed by atoms with Gasteiger partial charge >= 0.3 is 0 Å². The van der Waals surface area contributed by atoms with E-state index in [-0.39, 0.29) is 0 Å². The Morgan fingerprint density at radius 1 is 1.31 bits per heavy atom. The lowest BCUT2D eigenvalue weighted by atomic mass is 10.3. The highest BCUT2D eigenvalue weighted by molar-refractivity contribution is 5.78. The van der Waals surface area contributed by atoms with E-state index in [9.17, 15) is 0 Å². The monoisotopic (exact) mass is 220 g/mol. The molecule has 0 bridgehead atoms. The molecule has 1 saturated heterocycles. The van der Waals surface area contributed by atoms with Gasteiger partial charge in [-0.2, -0.15) is 0 Å². The van der Waals surface area contributed by atoms with Crippen LogP contribution >= 0.6 is 0 Å². The number of anilines is 1. The number of rotatable bonds is 2. The molecule has 0 aliphatic carbocycles. The van der Waals surface area contributed by atoms with E-state index in [1.54, 1.807) is 6.20 Å². The van der Waals surface area contributed by atoms with E-state index in [1.807, 2.05) is 12.1 Å². The molecule has 2 rings (SSSR count). The van der Waals surface area contributed by atoms with Crippen molar-refractivity contribution in [3.05, 3.63) is 23.9 Å². The van der Waals surface area contributed by atoms with E-state index in [1.165, 1.54) is 6.21 Å². The summed E-state index contributed by atoms with van der Waals surface area (Å²) in [6, 6.07) is 3.86. The van der Waals surface area contributed by atoms with Crippen molar-refractivity contribution in [2.75, 3.05) is 38.1 Å². The molecular formula is C11H16N4O. The van der Waals surface area contributed by atoms with Crippen LogP contribution in [-0.2, 0) is 0 Å². The fraction of sp³-hybridized carbons (Fsp3) is 0.455. The highest BCUT2D eigenvalue weighted by atomic mass is 16.4. The lowest BCUT2D eigenvalue weighted by Crippen LogP contribution is -2.44. The fourth-order valence-corrected chi connectivity index (χ4v) is 1.76. The second kappa shape index (κ2) is 4.94. The predicted octanol–water partition coefficient (Wildman–Crippen LogP) is 0.641. The summed E-state index contributed by atoms with van der Waals surface area (Å²) in [6.45, 7) is 4.16. The average Bonchev–Trinajstić information content (AvgIpc) is 2.32. The number of hydrogen-bond acceptors (Lipinski definition) is 5. The lowest BCUT2D eigenvalue weighted by Gasteiger charge is -2.33. The van der Waals surface area contributed by atoms with Crippen molar-refractivity contribution >= 4 is 12.0 Å². The van der Waals surface area contributed by atoms with Gasteiger partial charge in [-0.3, -0.25) is 0 Å². The largest absolute Gasteiger partial charge is 0.411 e. The summed E-state index contributed by atoms with van der Waals surface area (Å²) < 4.78 is 0. The molecule has 0 spiro atoms. The first-order valence-corrected chi connectivity index (χ1v) is 5.36. The Balaban J connectivity index is 2.04. The van der Waals surface area contributed by atoms with E-state index in [0.717, 1.165) is 37.6 Å². The number of pyridine rings is 1. The van der Waals surface area contributed by atoms with Crippen molar-refractivity contribution < 1.29 is 5.21 Å². The van der Waals surface area contributed by atoms with Crippen LogP contribution in [0, 0.1) is 0 Å². The zero-order valence-electron chi connectivity index (χ0n) is 9.37. The Kier molecular flexibility index (Phi) is 3.36. The summed E-state index contributed by atoms with van der Waals surface area (Å²) in [5, 5.41) is 11.4. The Morgan fingerprint density at radius 3 is 2.62 bits per heavy atom. The standard InChI is InChI=1S/C11H16N4O/c1-14-4-6-15(7-5-14)11-3-2-10(8-12-11)9-13-16/h2-3,8-9,16H,4-7H2,1H3/b13-9-. The van der Waals surface area contributed by atoms with Crippen molar-refractivity contribution in [1.29, 1.82) is 0 Å². The number of nitrogens with zero attached hydrogens (tertiary/aromatic N) is 4. The Labute approximate surface area is 95.0 Å². The number of likely N-dealkylation sites (N-methyl/N-ethyl adjacent to an activating group) is 1. The van der Waals surface area contributed by atoms with Crippen LogP contribution in [0.25, 0.3) is 0 Å². The van der Waals surface area contributed by atoms with Gasteiger partial charge in [0.1, 0.15) is 5.82 Å². The summed E-state index contributed by atoms with van der Waals surface area (Å²) in [5.74, 6) is 0.989. The van der Waals surface area contributed by atoms with Crippen molar-refractivity contribution in [2.24, 2.45) is 5.16 Å². The molecule has 0 saturated carbocycles. The van der Waals surface area contributed by atoms with E-state index in [2.05, 4.69) is 27.0 Å². The van der Waals surface area contributed by atoms with Gasteiger partial charge in [0.05, 0.1) is 6.21 Å². The first kappa shape index (κ1) is 10.9. The predicted molar refractivity (Wildman–Crippen MR) is 63.3 cm³/mol. The topological polar surface area (TPSA) is 52.0 Å². The van der Waals surface area contributed by atoms with Gasteiger partial charge in [-0.25, -0.2) is 4.98 Å². The third kappa shape index (κ3) is 2.49. The van der Waals surface area contributed by atoms with Crippen LogP contribution in [-0.4, -0.2) is 54.5 Å². The Bertz CT molecular complexity index is 355. The van der Waals surface area contributed by atoms with Gasteiger partial charge in [0, 0.05) is 37.9 Å². The van der Waals surface area contributed by atoms with Crippen LogP contribution < -0.4 is 4.90 Å². The molecule has 1 aliphatic rings.